The summed E-state index contributed by atoms with van der Waals surface area (Å²) in [4.78, 5) is 36.4. The molecule has 0 radical (unpaired) electrons. The van der Waals surface area contributed by atoms with Crippen LogP contribution < -0.4 is 14.2 Å². The first-order chi connectivity index (χ1) is 14.3. The summed E-state index contributed by atoms with van der Waals surface area (Å²) in [5.74, 6) is -0.783. The summed E-state index contributed by atoms with van der Waals surface area (Å²) in [6.45, 7) is 6.43. The minimum Gasteiger partial charge on any atom is -0.484 e. The van der Waals surface area contributed by atoms with Gasteiger partial charge in [-0.2, -0.15) is 0 Å². The number of ether oxygens (including phenoxy) is 3. The normalized spacial score (nSPS) is 14.9. The first-order valence-electron chi connectivity index (χ1n) is 9.71. The second kappa shape index (κ2) is 8.95. The highest BCUT2D eigenvalue weighted by Crippen LogP contribution is 2.46. The molecule has 6 heteroatoms. The topological polar surface area (TPSA) is 78.9 Å². The van der Waals surface area contributed by atoms with Crippen molar-refractivity contribution in [3.63, 3.8) is 0 Å². The number of esters is 2. The fraction of sp³-hybridized carbons (Fsp3) is 0.292. The second-order valence-electron chi connectivity index (χ2n) is 7.37. The molecule has 1 atom stereocenters. The molecular formula is C24H24O6. The van der Waals surface area contributed by atoms with Crippen molar-refractivity contribution in [2.75, 3.05) is 0 Å². The van der Waals surface area contributed by atoms with Crippen molar-refractivity contribution >= 4 is 17.7 Å². The zero-order valence-corrected chi connectivity index (χ0v) is 17.5. The first-order valence-corrected chi connectivity index (χ1v) is 9.71. The molecule has 0 bridgehead atoms. The van der Waals surface area contributed by atoms with E-state index in [0.717, 1.165) is 11.1 Å². The molecule has 0 N–H and O–H groups in total. The van der Waals surface area contributed by atoms with Crippen LogP contribution in [-0.4, -0.2) is 17.7 Å². The summed E-state index contributed by atoms with van der Waals surface area (Å²) in [5.41, 5.74) is 2.68. The Hall–Kier alpha value is -3.41. The lowest BCUT2D eigenvalue weighted by atomic mass is 9.92. The fourth-order valence-corrected chi connectivity index (χ4v) is 3.34. The maximum atomic E-state index is 13.1. The van der Waals surface area contributed by atoms with Crippen molar-refractivity contribution in [3.05, 3.63) is 64.7 Å². The zero-order chi connectivity index (χ0) is 21.8. The smallest absolute Gasteiger partial charge is 0.308 e. The number of rotatable bonds is 5. The highest BCUT2D eigenvalue weighted by Gasteiger charge is 2.35. The highest BCUT2D eigenvalue weighted by molar-refractivity contribution is 6.04. The van der Waals surface area contributed by atoms with Crippen molar-refractivity contribution in [1.82, 2.24) is 0 Å². The third kappa shape index (κ3) is 4.76. The summed E-state index contributed by atoms with van der Waals surface area (Å²) in [5, 5.41) is 0. The number of ketones is 1. The van der Waals surface area contributed by atoms with Gasteiger partial charge in [-0.1, -0.05) is 42.0 Å². The molecule has 0 saturated carbocycles. The number of carbonyl (C=O) groups excluding carboxylic acids is 3. The average Bonchev–Trinajstić information content (AvgIpc) is 2.66. The van der Waals surface area contributed by atoms with Gasteiger partial charge in [-0.25, -0.2) is 0 Å². The van der Waals surface area contributed by atoms with Crippen molar-refractivity contribution in [2.45, 2.75) is 46.6 Å². The van der Waals surface area contributed by atoms with Gasteiger partial charge < -0.3 is 14.2 Å². The Morgan fingerprint density at radius 1 is 1.03 bits per heavy atom. The number of fused-ring (bicyclic) bond motifs is 1. The van der Waals surface area contributed by atoms with E-state index in [1.54, 1.807) is 0 Å². The van der Waals surface area contributed by atoms with E-state index >= 15 is 0 Å². The van der Waals surface area contributed by atoms with Crippen LogP contribution in [0.15, 0.2) is 48.0 Å². The van der Waals surface area contributed by atoms with Crippen molar-refractivity contribution in [1.29, 1.82) is 0 Å². The summed E-state index contributed by atoms with van der Waals surface area (Å²) >= 11 is 0. The number of hydrogen-bond donors (Lipinski definition) is 0. The van der Waals surface area contributed by atoms with Crippen LogP contribution in [0.1, 0.15) is 61.7 Å². The molecule has 1 aliphatic rings. The molecule has 0 aromatic heterocycles. The molecule has 0 spiro atoms. The Morgan fingerprint density at radius 2 is 1.67 bits per heavy atom. The van der Waals surface area contributed by atoms with Crippen LogP contribution in [-0.2, 0) is 16.0 Å². The standard InChI is InChI=1S/C24H24O6/c1-14(2)10-11-18-21(28-15(3)25)13-22(29-16(4)26)23-19(27)12-20(30-24(18)23)17-8-6-5-7-9-17/h5-10,13,20H,11-12H2,1-4H3/t20-/m1/s1. The average molecular weight is 408 g/mol. The molecule has 2 aromatic carbocycles. The Kier molecular flexibility index (Phi) is 6.35. The monoisotopic (exact) mass is 408 g/mol. The first kappa shape index (κ1) is 21.3. The lowest BCUT2D eigenvalue weighted by Gasteiger charge is -2.29. The lowest BCUT2D eigenvalue weighted by Crippen LogP contribution is -2.23. The molecule has 3 rings (SSSR count). The van der Waals surface area contributed by atoms with Gasteiger partial charge in [0.25, 0.3) is 0 Å². The van der Waals surface area contributed by atoms with Crippen LogP contribution in [0.25, 0.3) is 0 Å². The van der Waals surface area contributed by atoms with E-state index in [1.165, 1.54) is 19.9 Å². The van der Waals surface area contributed by atoms with Crippen molar-refractivity contribution < 1.29 is 28.6 Å². The van der Waals surface area contributed by atoms with Crippen LogP contribution >= 0.6 is 0 Å². The largest absolute Gasteiger partial charge is 0.484 e. The summed E-state index contributed by atoms with van der Waals surface area (Å²) in [6.07, 6.45) is 1.96. The Morgan fingerprint density at radius 3 is 2.27 bits per heavy atom. The van der Waals surface area contributed by atoms with E-state index in [4.69, 9.17) is 14.2 Å². The molecule has 0 aliphatic carbocycles. The van der Waals surface area contributed by atoms with E-state index < -0.39 is 18.0 Å². The van der Waals surface area contributed by atoms with E-state index in [9.17, 15) is 14.4 Å². The summed E-state index contributed by atoms with van der Waals surface area (Å²) < 4.78 is 16.9. The molecule has 1 aliphatic heterocycles. The summed E-state index contributed by atoms with van der Waals surface area (Å²) in [6, 6.07) is 10.8. The molecule has 2 aromatic rings. The number of allylic oxidation sites excluding steroid dienone is 2. The van der Waals surface area contributed by atoms with E-state index in [0.29, 0.717) is 12.0 Å². The zero-order valence-electron chi connectivity index (χ0n) is 17.5. The van der Waals surface area contributed by atoms with Gasteiger partial charge in [0, 0.05) is 25.5 Å². The second-order valence-corrected chi connectivity index (χ2v) is 7.37. The Labute approximate surface area is 175 Å². The molecule has 156 valence electrons. The lowest BCUT2D eigenvalue weighted by molar-refractivity contribution is -0.132. The molecular weight excluding hydrogens is 384 g/mol. The van der Waals surface area contributed by atoms with Crippen LogP contribution in [0, 0.1) is 0 Å². The number of hydrogen-bond acceptors (Lipinski definition) is 6. The highest BCUT2D eigenvalue weighted by atomic mass is 16.5. The van der Waals surface area contributed by atoms with Crippen LogP contribution in [0.2, 0.25) is 0 Å². The minimum atomic E-state index is -0.582. The van der Waals surface area contributed by atoms with Crippen LogP contribution in [0.5, 0.6) is 17.2 Å². The predicted octanol–water partition coefficient (Wildman–Crippen LogP) is 4.75. The van der Waals surface area contributed by atoms with E-state index in [1.807, 2.05) is 50.3 Å². The number of carbonyl (C=O) groups is 3. The van der Waals surface area contributed by atoms with Crippen LogP contribution in [0.3, 0.4) is 0 Å². The SMILES string of the molecule is CC(=O)Oc1cc(OC(C)=O)c2c(c1CC=C(C)C)O[C@@H](c1ccccc1)CC2=O. The van der Waals surface area contributed by atoms with Gasteiger partial charge in [-0.05, 0) is 25.8 Å². The van der Waals surface area contributed by atoms with Gasteiger partial charge in [0.1, 0.15) is 28.9 Å². The predicted molar refractivity (Wildman–Crippen MR) is 111 cm³/mol. The maximum absolute atomic E-state index is 13.1. The maximum Gasteiger partial charge on any atom is 0.308 e. The van der Waals surface area contributed by atoms with Gasteiger partial charge in [-0.3, -0.25) is 14.4 Å². The van der Waals surface area contributed by atoms with Gasteiger partial charge >= 0.3 is 11.9 Å². The van der Waals surface area contributed by atoms with Gasteiger partial charge in [0.2, 0.25) is 0 Å². The number of Topliss-reactive ketones (excluding diaryl/α,β-unsaturated/α-hetero) is 1. The molecule has 0 saturated heterocycles. The fourth-order valence-electron chi connectivity index (χ4n) is 3.34. The Bertz CT molecular complexity index is 1020. The third-order valence-electron chi connectivity index (χ3n) is 4.61. The molecule has 0 amide bonds. The van der Waals surface area contributed by atoms with Crippen LogP contribution in [0.4, 0.5) is 0 Å². The molecule has 0 unspecified atom stereocenters. The molecule has 1 heterocycles. The summed E-state index contributed by atoms with van der Waals surface area (Å²) in [7, 11) is 0. The van der Waals surface area contributed by atoms with Gasteiger partial charge in [-0.15, -0.1) is 0 Å². The van der Waals surface area contributed by atoms with Gasteiger partial charge in [0.15, 0.2) is 5.78 Å². The minimum absolute atomic E-state index is 0.0335. The molecule has 6 nitrogen and oxygen atoms in total. The number of benzene rings is 2. The van der Waals surface area contributed by atoms with Crippen molar-refractivity contribution in [2.24, 2.45) is 0 Å². The molecule has 0 fully saturated rings. The molecule has 30 heavy (non-hydrogen) atoms. The third-order valence-corrected chi connectivity index (χ3v) is 4.61. The van der Waals surface area contributed by atoms with Gasteiger partial charge in [0.05, 0.1) is 6.42 Å². The van der Waals surface area contributed by atoms with Crippen molar-refractivity contribution in [3.8, 4) is 17.2 Å². The Balaban J connectivity index is 2.21. The van der Waals surface area contributed by atoms with E-state index in [-0.39, 0.29) is 35.0 Å². The quantitative estimate of drug-likeness (QED) is 0.403. The van der Waals surface area contributed by atoms with E-state index in [2.05, 4.69) is 0 Å².